The minimum Gasteiger partial charge on any atom is -0.0742 e. The molecule has 0 bridgehead atoms. The van der Waals surface area contributed by atoms with E-state index in [-0.39, 0.29) is 0 Å². The molecule has 0 amide bonds. The summed E-state index contributed by atoms with van der Waals surface area (Å²) in [5, 5.41) is 12.7. The average molecular weight is 317 g/mol. The minimum atomic E-state index is 1.16. The lowest BCUT2D eigenvalue weighted by atomic mass is 10.2. The molecule has 1 aliphatic rings. The third-order valence-corrected chi connectivity index (χ3v) is 5.57. The van der Waals surface area contributed by atoms with Crippen molar-refractivity contribution < 1.29 is 0 Å². The highest BCUT2D eigenvalue weighted by Gasteiger charge is 1.92. The van der Waals surface area contributed by atoms with Crippen LogP contribution >= 0.6 is 47.0 Å². The molecule has 0 atom stereocenters. The molecule has 0 unspecified atom stereocenters. The van der Waals surface area contributed by atoms with Crippen LogP contribution in [0.25, 0.3) is 0 Å². The molecule has 0 N–H and O–H groups in total. The van der Waals surface area contributed by atoms with Crippen molar-refractivity contribution in [3.63, 3.8) is 0 Å². The maximum atomic E-state index is 3.19. The van der Waals surface area contributed by atoms with Crippen LogP contribution in [0.3, 0.4) is 0 Å². The Balaban J connectivity index is 2.16. The van der Waals surface area contributed by atoms with Crippen LogP contribution in [0.15, 0.2) is 0 Å². The fraction of sp³-hybridized carbons (Fsp3) is 0.714. The van der Waals surface area contributed by atoms with Crippen molar-refractivity contribution in [1.29, 1.82) is 0 Å². The van der Waals surface area contributed by atoms with E-state index in [2.05, 4.69) is 21.0 Å². The van der Waals surface area contributed by atoms with Crippen molar-refractivity contribution >= 4 is 47.0 Å². The smallest absolute Gasteiger partial charge is 0.00572 e. The molecule has 0 aromatic carbocycles. The van der Waals surface area contributed by atoms with Gasteiger partial charge < -0.3 is 0 Å². The molecule has 0 aliphatic carbocycles. The fourth-order valence-corrected chi connectivity index (χ4v) is 4.12. The Labute approximate surface area is 129 Å². The predicted molar refractivity (Wildman–Crippen MR) is 93.1 cm³/mol. The maximum absolute atomic E-state index is 3.19. The number of hydrogen-bond acceptors (Lipinski definition) is 4. The molecule has 1 heterocycles. The summed E-state index contributed by atoms with van der Waals surface area (Å²) < 4.78 is 0. The van der Waals surface area contributed by atoms with Crippen LogP contribution in [0.4, 0.5) is 0 Å². The Kier molecular flexibility index (Phi) is 12.8. The first-order chi connectivity index (χ1) is 9.00. The zero-order valence-electron chi connectivity index (χ0n) is 10.7. The van der Waals surface area contributed by atoms with Crippen molar-refractivity contribution in [2.24, 2.45) is 0 Å². The Morgan fingerprint density at radius 2 is 0.667 bits per heavy atom. The first kappa shape index (κ1) is 16.6. The molecular weight excluding hydrogens is 296 g/mol. The maximum Gasteiger partial charge on any atom is 0.00572 e. The molecule has 1 rings (SSSR count). The van der Waals surface area contributed by atoms with Crippen LogP contribution in [0, 0.1) is 21.0 Å². The van der Waals surface area contributed by atoms with Crippen LogP contribution in [-0.2, 0) is 0 Å². The van der Waals surface area contributed by atoms with E-state index in [1.54, 1.807) is 47.0 Å². The molecule has 18 heavy (non-hydrogen) atoms. The topological polar surface area (TPSA) is 0 Å². The van der Waals surface area contributed by atoms with Crippen molar-refractivity contribution in [3.05, 3.63) is 0 Å². The van der Waals surface area contributed by atoms with Gasteiger partial charge in [-0.1, -0.05) is 59.9 Å². The second kappa shape index (κ2) is 13.9. The normalized spacial score (nSPS) is 20.4. The minimum absolute atomic E-state index is 1.16. The van der Waals surface area contributed by atoms with Gasteiger partial charge in [0.25, 0.3) is 0 Å². The molecule has 1 aliphatic heterocycles. The molecule has 0 radical (unpaired) electrons. The van der Waals surface area contributed by atoms with Crippen LogP contribution in [0.5, 0.6) is 0 Å². The SMILES string of the molecule is C1#CSCCCCSC#CSCCCCCCS1. The highest BCUT2D eigenvalue weighted by molar-refractivity contribution is 8.07. The first-order valence-corrected chi connectivity index (χ1v) is 10.4. The highest BCUT2D eigenvalue weighted by atomic mass is 32.2. The Hall–Kier alpha value is 0.520. The fourth-order valence-electron chi connectivity index (χ4n) is 1.37. The van der Waals surface area contributed by atoms with Gasteiger partial charge in [-0.25, -0.2) is 0 Å². The second-order valence-electron chi connectivity index (χ2n) is 3.92. The Morgan fingerprint density at radius 3 is 1.00 bits per heavy atom. The number of thioether (sulfide) groups is 4. The third kappa shape index (κ3) is 11.6. The summed E-state index contributed by atoms with van der Waals surface area (Å²) in [6.07, 6.45) is 7.79. The summed E-state index contributed by atoms with van der Waals surface area (Å²) in [5.41, 5.74) is 0. The van der Waals surface area contributed by atoms with E-state index in [0.717, 1.165) is 11.5 Å². The van der Waals surface area contributed by atoms with Gasteiger partial charge in [0, 0.05) is 23.0 Å². The van der Waals surface area contributed by atoms with Crippen molar-refractivity contribution in [3.8, 4) is 21.0 Å². The number of rotatable bonds is 0. The van der Waals surface area contributed by atoms with E-state index in [0.29, 0.717) is 0 Å². The van der Waals surface area contributed by atoms with E-state index < -0.39 is 0 Å². The van der Waals surface area contributed by atoms with Gasteiger partial charge >= 0.3 is 0 Å². The molecule has 0 aromatic rings. The van der Waals surface area contributed by atoms with Gasteiger partial charge in [-0.05, 0) is 46.7 Å². The van der Waals surface area contributed by atoms with Crippen LogP contribution in [0.1, 0.15) is 38.5 Å². The van der Waals surface area contributed by atoms with Gasteiger partial charge in [0.05, 0.1) is 0 Å². The van der Waals surface area contributed by atoms with E-state index in [9.17, 15) is 0 Å². The predicted octanol–water partition coefficient (Wildman–Crippen LogP) is 5.11. The third-order valence-electron chi connectivity index (χ3n) is 2.36. The van der Waals surface area contributed by atoms with Crippen molar-refractivity contribution in [1.82, 2.24) is 0 Å². The molecular formula is C14H20S4. The van der Waals surface area contributed by atoms with Gasteiger partial charge in [-0.2, -0.15) is 0 Å². The molecule has 0 spiro atoms. The highest BCUT2D eigenvalue weighted by Crippen LogP contribution is 2.12. The first-order valence-electron chi connectivity index (χ1n) is 6.47. The summed E-state index contributed by atoms with van der Waals surface area (Å²) in [5.74, 6) is 4.71. The van der Waals surface area contributed by atoms with Gasteiger partial charge in [-0.3, -0.25) is 0 Å². The molecule has 4 heteroatoms. The largest absolute Gasteiger partial charge is 0.0742 e. The Morgan fingerprint density at radius 1 is 0.389 bits per heavy atom. The summed E-state index contributed by atoms with van der Waals surface area (Å²) >= 11 is 7.10. The van der Waals surface area contributed by atoms with Gasteiger partial charge in [0.2, 0.25) is 0 Å². The monoisotopic (exact) mass is 316 g/mol. The average Bonchev–Trinajstić information content (AvgIpc) is 2.39. The summed E-state index contributed by atoms with van der Waals surface area (Å²) in [6, 6.07) is 0. The quantitative estimate of drug-likeness (QED) is 0.569. The summed E-state index contributed by atoms with van der Waals surface area (Å²) in [4.78, 5) is 0. The lowest BCUT2D eigenvalue weighted by Crippen LogP contribution is -1.83. The van der Waals surface area contributed by atoms with Crippen LogP contribution in [-0.4, -0.2) is 23.0 Å². The molecule has 0 fully saturated rings. The zero-order valence-corrected chi connectivity index (χ0v) is 14.0. The van der Waals surface area contributed by atoms with Gasteiger partial charge in [0.15, 0.2) is 0 Å². The molecule has 0 saturated carbocycles. The second-order valence-corrected chi connectivity index (χ2v) is 7.53. The zero-order chi connectivity index (χ0) is 12.7. The Bertz CT molecular complexity index is 273. The van der Waals surface area contributed by atoms with Crippen molar-refractivity contribution in [2.75, 3.05) is 23.0 Å². The lowest BCUT2D eigenvalue weighted by Gasteiger charge is -1.98. The van der Waals surface area contributed by atoms with Crippen molar-refractivity contribution in [2.45, 2.75) is 38.5 Å². The van der Waals surface area contributed by atoms with E-state index in [1.165, 1.54) is 50.0 Å². The van der Waals surface area contributed by atoms with Gasteiger partial charge in [0.1, 0.15) is 0 Å². The van der Waals surface area contributed by atoms with E-state index in [1.807, 2.05) is 0 Å². The molecule has 0 saturated heterocycles. The van der Waals surface area contributed by atoms with E-state index in [4.69, 9.17) is 0 Å². The van der Waals surface area contributed by atoms with Gasteiger partial charge in [-0.15, -0.1) is 0 Å². The lowest BCUT2D eigenvalue weighted by molar-refractivity contribution is 0.712. The molecule has 0 aromatic heterocycles. The number of hydrogen-bond donors (Lipinski definition) is 0. The van der Waals surface area contributed by atoms with Crippen LogP contribution < -0.4 is 0 Å². The van der Waals surface area contributed by atoms with Crippen LogP contribution in [0.2, 0.25) is 0 Å². The molecule has 100 valence electrons. The molecule has 0 nitrogen and oxygen atoms in total. The summed E-state index contributed by atoms with van der Waals surface area (Å²) in [6.45, 7) is 0. The van der Waals surface area contributed by atoms with E-state index >= 15 is 0 Å². The summed E-state index contributed by atoms with van der Waals surface area (Å²) in [7, 11) is 0. The standard InChI is InChI=1S/C14H20S4/c1-2-4-8-16-12-14-18-10-6-5-9-17-13-11-15-7-3-1/h1-10H2.